The molecule has 0 aliphatic carbocycles. The second-order valence-corrected chi connectivity index (χ2v) is 5.87. The van der Waals surface area contributed by atoms with Crippen LogP contribution in [-0.2, 0) is 0 Å². The van der Waals surface area contributed by atoms with Gasteiger partial charge < -0.3 is 9.64 Å². The second kappa shape index (κ2) is 8.48. The van der Waals surface area contributed by atoms with Crippen molar-refractivity contribution < 1.29 is 9.53 Å². The average molecular weight is 315 g/mol. The van der Waals surface area contributed by atoms with Gasteiger partial charge in [0.2, 0.25) is 0 Å². The molecule has 5 heteroatoms. The summed E-state index contributed by atoms with van der Waals surface area (Å²) in [6, 6.07) is 7.57. The highest BCUT2D eigenvalue weighted by Crippen LogP contribution is 2.13. The molecule has 0 radical (unpaired) electrons. The summed E-state index contributed by atoms with van der Waals surface area (Å²) in [6.07, 6.45) is 3.50. The van der Waals surface area contributed by atoms with Crippen LogP contribution in [0.1, 0.15) is 37.0 Å². The van der Waals surface area contributed by atoms with Gasteiger partial charge in [-0.3, -0.25) is 4.79 Å². The summed E-state index contributed by atoms with van der Waals surface area (Å²) in [5, 5.41) is 4.27. The Morgan fingerprint density at radius 2 is 2.00 bits per heavy atom. The van der Waals surface area contributed by atoms with Crippen molar-refractivity contribution in [2.45, 2.75) is 32.7 Å². The fraction of sp³-hybridized carbons (Fsp3) is 0.444. The summed E-state index contributed by atoms with van der Waals surface area (Å²) in [5.74, 6) is 0.521. The molecule has 1 amide bonds. The summed E-state index contributed by atoms with van der Waals surface area (Å²) in [4.78, 5) is 14.5. The topological polar surface area (TPSA) is 53.9 Å². The fourth-order valence-corrected chi connectivity index (χ4v) is 2.46. The average Bonchev–Trinajstić information content (AvgIpc) is 2.58. The molecule has 5 nitrogen and oxygen atoms in total. The van der Waals surface area contributed by atoms with Gasteiger partial charge in [0.15, 0.2) is 0 Å². The van der Waals surface area contributed by atoms with Gasteiger partial charge in [-0.1, -0.05) is 12.7 Å². The van der Waals surface area contributed by atoms with Gasteiger partial charge in [-0.2, -0.15) is 5.10 Å². The summed E-state index contributed by atoms with van der Waals surface area (Å²) in [6.45, 7) is 10.5. The van der Waals surface area contributed by atoms with E-state index in [0.29, 0.717) is 24.0 Å². The lowest BCUT2D eigenvalue weighted by atomic mass is 10.1. The highest BCUT2D eigenvalue weighted by atomic mass is 16.5. The zero-order valence-electron chi connectivity index (χ0n) is 13.9. The minimum atomic E-state index is -0.195. The number of rotatable bonds is 6. The van der Waals surface area contributed by atoms with Crippen molar-refractivity contribution in [3.8, 4) is 5.75 Å². The molecule has 0 bridgehead atoms. The van der Waals surface area contributed by atoms with Crippen LogP contribution in [0.4, 0.5) is 0 Å². The summed E-state index contributed by atoms with van der Waals surface area (Å²) < 4.78 is 5.39. The number of hydrazone groups is 1. The van der Waals surface area contributed by atoms with Crippen molar-refractivity contribution in [2.24, 2.45) is 5.10 Å². The summed E-state index contributed by atoms with van der Waals surface area (Å²) in [5.41, 5.74) is 4.27. The molecule has 1 N–H and O–H groups in total. The Balaban J connectivity index is 1.85. The van der Waals surface area contributed by atoms with Gasteiger partial charge >= 0.3 is 0 Å². The van der Waals surface area contributed by atoms with Crippen LogP contribution in [0.2, 0.25) is 0 Å². The third-order valence-corrected chi connectivity index (χ3v) is 3.91. The van der Waals surface area contributed by atoms with Crippen LogP contribution in [0.3, 0.4) is 0 Å². The number of nitrogens with zero attached hydrogens (tertiary/aromatic N) is 2. The number of carbonyl (C=O) groups excluding carboxylic acids is 1. The van der Waals surface area contributed by atoms with E-state index >= 15 is 0 Å². The largest absolute Gasteiger partial charge is 0.490 e. The Kier molecular flexibility index (Phi) is 6.35. The maximum atomic E-state index is 12.1. The first kappa shape index (κ1) is 17.2. The van der Waals surface area contributed by atoms with E-state index < -0.39 is 0 Å². The number of nitrogens with one attached hydrogen (secondary N) is 1. The molecule has 124 valence electrons. The lowest BCUT2D eigenvalue weighted by Gasteiger charge is -2.30. The first-order chi connectivity index (χ1) is 11.1. The number of piperidine rings is 1. The van der Waals surface area contributed by atoms with Gasteiger partial charge in [0.05, 0.1) is 0 Å². The number of hydrogen-bond donors (Lipinski definition) is 1. The Bertz CT molecular complexity index is 554. The van der Waals surface area contributed by atoms with Crippen molar-refractivity contribution in [3.05, 3.63) is 42.5 Å². The van der Waals surface area contributed by atoms with E-state index in [1.165, 1.54) is 0 Å². The molecule has 0 aromatic heterocycles. The van der Waals surface area contributed by atoms with Crippen molar-refractivity contribution in [1.82, 2.24) is 10.3 Å². The number of ether oxygens (including phenoxy) is 1. The first-order valence-corrected chi connectivity index (χ1v) is 8.03. The molecule has 1 aromatic carbocycles. The van der Waals surface area contributed by atoms with Crippen LogP contribution in [0.15, 0.2) is 42.0 Å². The molecule has 1 aliphatic heterocycles. The Labute approximate surface area is 138 Å². The normalized spacial score (nSPS) is 15.3. The minimum Gasteiger partial charge on any atom is -0.490 e. The lowest BCUT2D eigenvalue weighted by molar-refractivity contribution is 0.0954. The SMILES string of the molecule is C=CCOc1ccc(C(=O)NN=C2CCN(C(C)C)CC2)cc1. The van der Waals surface area contributed by atoms with Crippen LogP contribution >= 0.6 is 0 Å². The third-order valence-electron chi connectivity index (χ3n) is 3.91. The minimum absolute atomic E-state index is 0.195. The highest BCUT2D eigenvalue weighted by Gasteiger charge is 2.17. The van der Waals surface area contributed by atoms with Crippen LogP contribution in [0.25, 0.3) is 0 Å². The number of benzene rings is 1. The highest BCUT2D eigenvalue weighted by molar-refractivity contribution is 5.95. The molecule has 1 saturated heterocycles. The van der Waals surface area contributed by atoms with Crippen LogP contribution < -0.4 is 10.2 Å². The first-order valence-electron chi connectivity index (χ1n) is 8.03. The number of likely N-dealkylation sites (tertiary alicyclic amines) is 1. The molecule has 1 fully saturated rings. The third kappa shape index (κ3) is 5.21. The smallest absolute Gasteiger partial charge is 0.271 e. The van der Waals surface area contributed by atoms with Gasteiger partial charge in [0, 0.05) is 43.2 Å². The second-order valence-electron chi connectivity index (χ2n) is 5.87. The Morgan fingerprint density at radius 3 is 2.57 bits per heavy atom. The fourth-order valence-electron chi connectivity index (χ4n) is 2.46. The predicted octanol–water partition coefficient (Wildman–Crippen LogP) is 2.84. The van der Waals surface area contributed by atoms with Gasteiger partial charge in [-0.15, -0.1) is 0 Å². The number of amides is 1. The molecular weight excluding hydrogens is 290 g/mol. The maximum Gasteiger partial charge on any atom is 0.271 e. The van der Waals surface area contributed by atoms with Crippen molar-refractivity contribution in [3.63, 3.8) is 0 Å². The van der Waals surface area contributed by atoms with E-state index in [-0.39, 0.29) is 5.91 Å². The van der Waals surface area contributed by atoms with E-state index in [1.54, 1.807) is 30.3 Å². The molecule has 1 aliphatic rings. The Morgan fingerprint density at radius 1 is 1.35 bits per heavy atom. The molecular formula is C18H25N3O2. The number of carbonyl (C=O) groups is 1. The molecule has 2 rings (SSSR count). The van der Waals surface area contributed by atoms with Gasteiger partial charge in [-0.05, 0) is 38.1 Å². The molecule has 1 aromatic rings. The number of hydrogen-bond acceptors (Lipinski definition) is 4. The quantitative estimate of drug-likeness (QED) is 0.649. The van der Waals surface area contributed by atoms with Crippen LogP contribution in [0.5, 0.6) is 5.75 Å². The van der Waals surface area contributed by atoms with Crippen molar-refractivity contribution in [2.75, 3.05) is 19.7 Å². The summed E-state index contributed by atoms with van der Waals surface area (Å²) >= 11 is 0. The molecule has 1 heterocycles. The van der Waals surface area contributed by atoms with E-state index in [2.05, 4.69) is 35.9 Å². The van der Waals surface area contributed by atoms with Crippen molar-refractivity contribution in [1.29, 1.82) is 0 Å². The lowest BCUT2D eigenvalue weighted by Crippen LogP contribution is -2.39. The van der Waals surface area contributed by atoms with E-state index in [0.717, 1.165) is 31.6 Å². The van der Waals surface area contributed by atoms with Crippen molar-refractivity contribution >= 4 is 11.6 Å². The maximum absolute atomic E-state index is 12.1. The van der Waals surface area contributed by atoms with E-state index in [4.69, 9.17) is 4.74 Å². The standard InChI is InChI=1S/C18H25N3O2/c1-4-13-23-17-7-5-15(6-8-17)18(22)20-19-16-9-11-21(12-10-16)14(2)3/h4-8,14H,1,9-13H2,2-3H3,(H,20,22). The van der Waals surface area contributed by atoms with E-state index in [1.807, 2.05) is 0 Å². The molecule has 0 unspecified atom stereocenters. The molecule has 0 spiro atoms. The van der Waals surface area contributed by atoms with E-state index in [9.17, 15) is 4.79 Å². The summed E-state index contributed by atoms with van der Waals surface area (Å²) in [7, 11) is 0. The monoisotopic (exact) mass is 315 g/mol. The van der Waals surface area contributed by atoms with Crippen LogP contribution in [-0.4, -0.2) is 42.3 Å². The van der Waals surface area contributed by atoms with Gasteiger partial charge in [0.25, 0.3) is 5.91 Å². The zero-order valence-corrected chi connectivity index (χ0v) is 13.9. The van der Waals surface area contributed by atoms with Gasteiger partial charge in [0.1, 0.15) is 12.4 Å². The molecule has 23 heavy (non-hydrogen) atoms. The van der Waals surface area contributed by atoms with Crippen LogP contribution in [0, 0.1) is 0 Å². The molecule has 0 saturated carbocycles. The molecule has 0 atom stereocenters. The predicted molar refractivity (Wildman–Crippen MR) is 93.0 cm³/mol. The zero-order chi connectivity index (χ0) is 16.7. The van der Waals surface area contributed by atoms with Gasteiger partial charge in [-0.25, -0.2) is 5.43 Å². The Hall–Kier alpha value is -2.14.